The number of rotatable bonds is 5. The predicted octanol–water partition coefficient (Wildman–Crippen LogP) is 3.47. The summed E-state index contributed by atoms with van der Waals surface area (Å²) in [7, 11) is 1.54. The van der Waals surface area contributed by atoms with Crippen molar-refractivity contribution in [1.29, 1.82) is 0 Å². The molecule has 0 aliphatic rings. The van der Waals surface area contributed by atoms with Crippen LogP contribution in [0.15, 0.2) is 40.2 Å². The van der Waals surface area contributed by atoms with E-state index in [1.807, 2.05) is 12.1 Å². The Bertz CT molecular complexity index is 953. The number of thiazole rings is 1. The summed E-state index contributed by atoms with van der Waals surface area (Å²) in [5.74, 6) is 0.173. The van der Waals surface area contributed by atoms with Crippen molar-refractivity contribution in [3.8, 4) is 10.6 Å². The van der Waals surface area contributed by atoms with Gasteiger partial charge in [0.15, 0.2) is 5.82 Å². The standard InChI is InChI=1S/C17H15ClN4O3S/c1-10-6-14(21-25-10)20-15(23)8-22(2)17(24)13-9-26-16(19-13)11-4-3-5-12(18)7-11/h3-7,9H,8H2,1-2H3,(H,20,21,23). The number of likely N-dealkylation sites (N-methyl/N-ethyl adjacent to an activating group) is 1. The van der Waals surface area contributed by atoms with Crippen LogP contribution in [0.5, 0.6) is 0 Å². The van der Waals surface area contributed by atoms with Crippen molar-refractivity contribution in [3.63, 3.8) is 0 Å². The molecule has 2 amide bonds. The van der Waals surface area contributed by atoms with E-state index in [1.165, 1.54) is 23.3 Å². The van der Waals surface area contributed by atoms with Gasteiger partial charge < -0.3 is 14.7 Å². The molecule has 0 spiro atoms. The molecule has 0 aliphatic heterocycles. The number of aryl methyl sites for hydroxylation is 1. The largest absolute Gasteiger partial charge is 0.360 e. The highest BCUT2D eigenvalue weighted by molar-refractivity contribution is 7.13. The highest BCUT2D eigenvalue weighted by Crippen LogP contribution is 2.26. The highest BCUT2D eigenvalue weighted by atomic mass is 35.5. The third-order valence-corrected chi connectivity index (χ3v) is 4.54. The topological polar surface area (TPSA) is 88.3 Å². The number of halogens is 1. The van der Waals surface area contributed by atoms with Crippen LogP contribution in [-0.2, 0) is 4.79 Å². The molecular weight excluding hydrogens is 376 g/mol. The maximum atomic E-state index is 12.5. The summed E-state index contributed by atoms with van der Waals surface area (Å²) in [6.07, 6.45) is 0. The van der Waals surface area contributed by atoms with Gasteiger partial charge in [-0.15, -0.1) is 11.3 Å². The minimum Gasteiger partial charge on any atom is -0.360 e. The fourth-order valence-corrected chi connectivity index (χ4v) is 3.20. The third kappa shape index (κ3) is 4.27. The second-order valence-corrected chi connectivity index (χ2v) is 6.87. The maximum absolute atomic E-state index is 12.5. The van der Waals surface area contributed by atoms with Crippen LogP contribution in [0.4, 0.5) is 5.82 Å². The summed E-state index contributed by atoms with van der Waals surface area (Å²) in [6.45, 7) is 1.59. The summed E-state index contributed by atoms with van der Waals surface area (Å²) < 4.78 is 4.88. The normalized spacial score (nSPS) is 10.6. The zero-order valence-electron chi connectivity index (χ0n) is 14.0. The lowest BCUT2D eigenvalue weighted by atomic mass is 10.2. The first-order chi connectivity index (χ1) is 12.4. The molecule has 1 aromatic carbocycles. The molecule has 0 saturated heterocycles. The quantitative estimate of drug-likeness (QED) is 0.720. The van der Waals surface area contributed by atoms with Gasteiger partial charge in [-0.05, 0) is 19.1 Å². The van der Waals surface area contributed by atoms with Gasteiger partial charge in [0.25, 0.3) is 5.91 Å². The molecule has 0 radical (unpaired) electrons. The summed E-state index contributed by atoms with van der Waals surface area (Å²) >= 11 is 7.33. The number of benzene rings is 1. The van der Waals surface area contributed by atoms with Crippen LogP contribution in [0.25, 0.3) is 10.6 Å². The minimum atomic E-state index is -0.376. The lowest BCUT2D eigenvalue weighted by molar-refractivity contribution is -0.116. The van der Waals surface area contributed by atoms with Crippen LogP contribution >= 0.6 is 22.9 Å². The Morgan fingerprint density at radius 3 is 2.85 bits per heavy atom. The van der Waals surface area contributed by atoms with Gasteiger partial charge in [-0.2, -0.15) is 0 Å². The number of aromatic nitrogens is 2. The summed E-state index contributed by atoms with van der Waals surface area (Å²) in [5.41, 5.74) is 1.11. The molecule has 0 saturated carbocycles. The second-order valence-electron chi connectivity index (χ2n) is 5.58. The van der Waals surface area contributed by atoms with E-state index in [9.17, 15) is 9.59 Å². The van der Waals surface area contributed by atoms with E-state index in [2.05, 4.69) is 15.5 Å². The predicted molar refractivity (Wildman–Crippen MR) is 99.4 cm³/mol. The molecule has 7 nitrogen and oxygen atoms in total. The van der Waals surface area contributed by atoms with Crippen LogP contribution in [0, 0.1) is 6.92 Å². The number of hydrogen-bond acceptors (Lipinski definition) is 6. The molecule has 0 atom stereocenters. The fraction of sp³-hybridized carbons (Fsp3) is 0.176. The average molecular weight is 391 g/mol. The van der Waals surface area contributed by atoms with E-state index < -0.39 is 0 Å². The van der Waals surface area contributed by atoms with Crippen molar-refractivity contribution < 1.29 is 14.1 Å². The van der Waals surface area contributed by atoms with Crippen molar-refractivity contribution in [3.05, 3.63) is 52.2 Å². The highest BCUT2D eigenvalue weighted by Gasteiger charge is 2.19. The van der Waals surface area contributed by atoms with Crippen molar-refractivity contribution in [2.45, 2.75) is 6.92 Å². The number of anilines is 1. The molecule has 0 bridgehead atoms. The number of nitrogens with zero attached hydrogens (tertiary/aromatic N) is 3. The SMILES string of the molecule is Cc1cc(NC(=O)CN(C)C(=O)c2csc(-c3cccc(Cl)c3)n2)no1. The Morgan fingerprint density at radius 2 is 2.15 bits per heavy atom. The Labute approximate surface area is 158 Å². The molecule has 9 heteroatoms. The molecular formula is C17H15ClN4O3S. The van der Waals surface area contributed by atoms with Crippen LogP contribution in [0.2, 0.25) is 5.02 Å². The number of hydrogen-bond donors (Lipinski definition) is 1. The van der Waals surface area contributed by atoms with E-state index in [4.69, 9.17) is 16.1 Å². The average Bonchev–Trinajstić information content (AvgIpc) is 3.23. The number of amides is 2. The monoisotopic (exact) mass is 390 g/mol. The first-order valence-corrected chi connectivity index (χ1v) is 8.88. The van der Waals surface area contributed by atoms with Gasteiger partial charge in [-0.1, -0.05) is 28.9 Å². The smallest absolute Gasteiger partial charge is 0.273 e. The zero-order valence-corrected chi connectivity index (χ0v) is 15.6. The van der Waals surface area contributed by atoms with Crippen LogP contribution in [0.1, 0.15) is 16.2 Å². The van der Waals surface area contributed by atoms with Gasteiger partial charge in [-0.3, -0.25) is 9.59 Å². The lowest BCUT2D eigenvalue weighted by Crippen LogP contribution is -2.35. The van der Waals surface area contributed by atoms with E-state index in [1.54, 1.807) is 30.5 Å². The summed E-state index contributed by atoms with van der Waals surface area (Å²) in [6, 6.07) is 8.84. The second kappa shape index (κ2) is 7.67. The molecule has 3 rings (SSSR count). The van der Waals surface area contributed by atoms with E-state index >= 15 is 0 Å². The number of carbonyl (C=O) groups is 2. The van der Waals surface area contributed by atoms with Gasteiger partial charge in [0, 0.05) is 29.1 Å². The van der Waals surface area contributed by atoms with E-state index in [0.717, 1.165) is 5.56 Å². The first kappa shape index (κ1) is 18.1. The molecule has 0 fully saturated rings. The molecule has 1 N–H and O–H groups in total. The van der Waals surface area contributed by atoms with Gasteiger partial charge >= 0.3 is 0 Å². The summed E-state index contributed by atoms with van der Waals surface area (Å²) in [4.78, 5) is 30.1. The van der Waals surface area contributed by atoms with E-state index in [0.29, 0.717) is 21.6 Å². The van der Waals surface area contributed by atoms with Crippen molar-refractivity contribution in [1.82, 2.24) is 15.0 Å². The minimum absolute atomic E-state index is 0.130. The van der Waals surface area contributed by atoms with Crippen molar-refractivity contribution >= 4 is 40.6 Å². The fourth-order valence-electron chi connectivity index (χ4n) is 2.22. The molecule has 0 aliphatic carbocycles. The van der Waals surface area contributed by atoms with Crippen LogP contribution in [0.3, 0.4) is 0 Å². The van der Waals surface area contributed by atoms with Gasteiger partial charge in [-0.25, -0.2) is 4.98 Å². The molecule has 2 aromatic heterocycles. The van der Waals surface area contributed by atoms with Gasteiger partial charge in [0.05, 0.1) is 6.54 Å². The molecule has 26 heavy (non-hydrogen) atoms. The van der Waals surface area contributed by atoms with E-state index in [-0.39, 0.29) is 24.1 Å². The maximum Gasteiger partial charge on any atom is 0.273 e. The lowest BCUT2D eigenvalue weighted by Gasteiger charge is -2.14. The molecule has 3 aromatic rings. The zero-order chi connectivity index (χ0) is 18.7. The Hall–Kier alpha value is -2.71. The summed E-state index contributed by atoms with van der Waals surface area (Å²) in [5, 5.41) is 9.19. The van der Waals surface area contributed by atoms with Gasteiger partial charge in [0.2, 0.25) is 5.91 Å². The Morgan fingerprint density at radius 1 is 1.35 bits per heavy atom. The first-order valence-electron chi connectivity index (χ1n) is 7.62. The van der Waals surface area contributed by atoms with Gasteiger partial charge in [0.1, 0.15) is 16.5 Å². The molecule has 134 valence electrons. The number of carbonyl (C=O) groups excluding carboxylic acids is 2. The van der Waals surface area contributed by atoms with Crippen molar-refractivity contribution in [2.75, 3.05) is 18.9 Å². The Balaban J connectivity index is 1.64. The third-order valence-electron chi connectivity index (χ3n) is 3.42. The molecule has 0 unspecified atom stereocenters. The van der Waals surface area contributed by atoms with Crippen molar-refractivity contribution in [2.24, 2.45) is 0 Å². The Kier molecular flexibility index (Phi) is 5.34. The van der Waals surface area contributed by atoms with Crippen LogP contribution in [-0.4, -0.2) is 40.4 Å². The molecule has 2 heterocycles. The van der Waals surface area contributed by atoms with Crippen LogP contribution < -0.4 is 5.32 Å². The number of nitrogens with one attached hydrogen (secondary N) is 1.